The third-order valence-electron chi connectivity index (χ3n) is 6.97. The number of phenolic OH excluding ortho intramolecular Hbond substituents is 2. The van der Waals surface area contributed by atoms with Gasteiger partial charge >= 0.3 is 12.4 Å². The summed E-state index contributed by atoms with van der Waals surface area (Å²) in [4.78, 5) is 24.1. The first kappa shape index (κ1) is 30.6. The summed E-state index contributed by atoms with van der Waals surface area (Å²) in [5, 5.41) is 21.1. The van der Waals surface area contributed by atoms with E-state index >= 15 is 26.3 Å². The fraction of sp³-hybridized carbons (Fsp3) is 0.103. The zero-order valence-electron chi connectivity index (χ0n) is 21.7. The summed E-state index contributed by atoms with van der Waals surface area (Å²) >= 11 is 0. The quantitative estimate of drug-likeness (QED) is 0.130. The lowest BCUT2D eigenvalue weighted by Gasteiger charge is -2.39. The van der Waals surface area contributed by atoms with E-state index in [2.05, 4.69) is 0 Å². The number of nitrogens with two attached hydrogens (primary N) is 4. The van der Waals surface area contributed by atoms with Crippen LogP contribution in [0.4, 0.5) is 37.7 Å². The number of alkyl halides is 6. The van der Waals surface area contributed by atoms with Crippen LogP contribution in [0.1, 0.15) is 31.8 Å². The summed E-state index contributed by atoms with van der Waals surface area (Å²) in [6.45, 7) is 0. The normalized spacial score (nSPS) is 12.2. The number of hydrogen-bond acceptors (Lipinski definition) is 6. The molecule has 0 heterocycles. The Morgan fingerprint density at radius 3 is 1.23 bits per heavy atom. The zero-order chi connectivity index (χ0) is 32.1. The molecule has 43 heavy (non-hydrogen) atoms. The predicted octanol–water partition coefficient (Wildman–Crippen LogP) is 5.20. The van der Waals surface area contributed by atoms with Crippen molar-refractivity contribution in [1.29, 1.82) is 0 Å². The molecule has 0 unspecified atom stereocenters. The van der Waals surface area contributed by atoms with E-state index in [4.69, 9.17) is 22.9 Å². The SMILES string of the molecule is NC(=O)c1cccc(N)c1-c1cc(C(c2ccc(O)c(-c3c(N)cccc3C(N)=O)c2)(C(F)(F)F)C(F)(F)F)ccc1O. The number of carbonyl (C=O) groups excluding carboxylic acids is 2. The van der Waals surface area contributed by atoms with Gasteiger partial charge in [-0.1, -0.05) is 24.3 Å². The van der Waals surface area contributed by atoms with E-state index in [1.54, 1.807) is 0 Å². The third kappa shape index (κ3) is 4.90. The molecule has 10 N–H and O–H groups in total. The third-order valence-corrected chi connectivity index (χ3v) is 6.97. The molecule has 0 saturated heterocycles. The number of nitrogen functional groups attached to an aromatic ring is 2. The smallest absolute Gasteiger partial charge is 0.411 e. The van der Waals surface area contributed by atoms with Gasteiger partial charge in [0.25, 0.3) is 0 Å². The molecule has 14 heteroatoms. The number of halogens is 6. The van der Waals surface area contributed by atoms with E-state index in [1.807, 2.05) is 0 Å². The molecule has 0 aromatic heterocycles. The second kappa shape index (κ2) is 10.5. The van der Waals surface area contributed by atoms with Crippen LogP contribution >= 0.6 is 0 Å². The zero-order valence-corrected chi connectivity index (χ0v) is 21.7. The molecule has 0 fully saturated rings. The number of hydrogen-bond donors (Lipinski definition) is 6. The van der Waals surface area contributed by atoms with Crippen molar-refractivity contribution < 1.29 is 46.1 Å². The Morgan fingerprint density at radius 1 is 0.581 bits per heavy atom. The molecule has 0 aliphatic heterocycles. The van der Waals surface area contributed by atoms with Crippen LogP contribution in [0.3, 0.4) is 0 Å². The van der Waals surface area contributed by atoms with Crippen molar-refractivity contribution in [3.05, 3.63) is 95.1 Å². The van der Waals surface area contributed by atoms with Crippen LogP contribution in [0.25, 0.3) is 22.3 Å². The van der Waals surface area contributed by atoms with Gasteiger partial charge in [-0.25, -0.2) is 0 Å². The highest BCUT2D eigenvalue weighted by Crippen LogP contribution is 2.58. The van der Waals surface area contributed by atoms with Crippen LogP contribution in [-0.4, -0.2) is 34.4 Å². The molecular weight excluding hydrogens is 582 g/mol. The molecular formula is C29H22F6N4O4. The minimum Gasteiger partial charge on any atom is -0.507 e. The largest absolute Gasteiger partial charge is 0.507 e. The van der Waals surface area contributed by atoms with E-state index in [1.165, 1.54) is 24.3 Å². The van der Waals surface area contributed by atoms with E-state index in [0.717, 1.165) is 12.1 Å². The molecule has 224 valence electrons. The summed E-state index contributed by atoms with van der Waals surface area (Å²) in [7, 11) is 0. The van der Waals surface area contributed by atoms with Gasteiger partial charge in [-0.15, -0.1) is 0 Å². The maximum Gasteiger partial charge on any atom is 0.411 e. The minimum absolute atomic E-state index is 0.265. The highest BCUT2D eigenvalue weighted by Gasteiger charge is 2.72. The number of primary amides is 2. The number of benzene rings is 4. The van der Waals surface area contributed by atoms with Crippen LogP contribution in [0.2, 0.25) is 0 Å². The lowest BCUT2D eigenvalue weighted by molar-refractivity contribution is -0.288. The van der Waals surface area contributed by atoms with Gasteiger partial charge in [0.2, 0.25) is 17.2 Å². The van der Waals surface area contributed by atoms with Crippen molar-refractivity contribution in [3.63, 3.8) is 0 Å². The molecule has 4 aromatic rings. The lowest BCUT2D eigenvalue weighted by atomic mass is 9.71. The van der Waals surface area contributed by atoms with E-state index in [9.17, 15) is 19.8 Å². The fourth-order valence-corrected chi connectivity index (χ4v) is 5.07. The number of carbonyl (C=O) groups is 2. The average Bonchev–Trinajstić information content (AvgIpc) is 2.89. The molecule has 0 bridgehead atoms. The second-order valence-corrected chi connectivity index (χ2v) is 9.48. The molecule has 0 atom stereocenters. The number of phenols is 2. The first-order valence-electron chi connectivity index (χ1n) is 12.1. The van der Waals surface area contributed by atoms with Gasteiger partial charge in [0.05, 0.1) is 0 Å². The molecule has 0 aliphatic rings. The Balaban J connectivity index is 2.15. The van der Waals surface area contributed by atoms with Crippen LogP contribution in [0.15, 0.2) is 72.8 Å². The van der Waals surface area contributed by atoms with Crippen molar-refractivity contribution in [2.45, 2.75) is 17.8 Å². The Morgan fingerprint density at radius 2 is 0.930 bits per heavy atom. The van der Waals surface area contributed by atoms with Gasteiger partial charge in [0.15, 0.2) is 0 Å². The Hall–Kier alpha value is -5.40. The van der Waals surface area contributed by atoms with Gasteiger partial charge in [-0.05, 0) is 59.7 Å². The fourth-order valence-electron chi connectivity index (χ4n) is 5.07. The summed E-state index contributed by atoms with van der Waals surface area (Å²) in [5.74, 6) is -3.81. The Kier molecular flexibility index (Phi) is 7.43. The molecule has 4 rings (SSSR count). The minimum atomic E-state index is -6.10. The molecule has 0 saturated carbocycles. The van der Waals surface area contributed by atoms with Crippen LogP contribution < -0.4 is 22.9 Å². The highest BCUT2D eigenvalue weighted by atomic mass is 19.4. The van der Waals surface area contributed by atoms with Crippen molar-refractivity contribution in [1.82, 2.24) is 0 Å². The molecule has 0 radical (unpaired) electrons. The number of rotatable bonds is 6. The molecule has 2 amide bonds. The average molecular weight is 605 g/mol. The van der Waals surface area contributed by atoms with E-state index < -0.39 is 63.3 Å². The van der Waals surface area contributed by atoms with Gasteiger partial charge in [-0.2, -0.15) is 26.3 Å². The Bertz CT molecular complexity index is 1640. The maximum atomic E-state index is 15.0. The molecule has 8 nitrogen and oxygen atoms in total. The van der Waals surface area contributed by atoms with Crippen molar-refractivity contribution in [3.8, 4) is 33.8 Å². The lowest BCUT2D eigenvalue weighted by Crippen LogP contribution is -2.54. The Labute approximate surface area is 239 Å². The summed E-state index contributed by atoms with van der Waals surface area (Å²) in [5.41, 5.74) is 11.6. The van der Waals surface area contributed by atoms with Crippen molar-refractivity contribution in [2.24, 2.45) is 11.5 Å². The molecule has 4 aromatic carbocycles. The van der Waals surface area contributed by atoms with Crippen molar-refractivity contribution in [2.75, 3.05) is 11.5 Å². The first-order valence-corrected chi connectivity index (χ1v) is 12.1. The highest BCUT2D eigenvalue weighted by molar-refractivity contribution is 6.04. The van der Waals surface area contributed by atoms with Crippen LogP contribution in [0.5, 0.6) is 11.5 Å². The van der Waals surface area contributed by atoms with Crippen LogP contribution in [-0.2, 0) is 5.41 Å². The predicted molar refractivity (Wildman–Crippen MR) is 146 cm³/mol. The van der Waals surface area contributed by atoms with E-state index in [0.29, 0.717) is 36.4 Å². The summed E-state index contributed by atoms with van der Waals surface area (Å²) < 4.78 is 90.3. The maximum absolute atomic E-state index is 15.0. The summed E-state index contributed by atoms with van der Waals surface area (Å²) in [6.07, 6.45) is -12.2. The molecule has 0 aliphatic carbocycles. The monoisotopic (exact) mass is 604 g/mol. The standard InChI is InChI=1S/C29H22F6N4O4/c30-28(31,32)27(29(33,34)35,13-7-9-21(40)17(11-13)23-15(25(38)42)3-1-5-19(23)36)14-8-10-22(41)18(12-14)24-16(26(39)43)4-2-6-20(24)37/h1-12,40-41H,36-37H2,(H2,38,42)(H2,39,43). The second-order valence-electron chi connectivity index (χ2n) is 9.48. The number of amides is 2. The van der Waals surface area contributed by atoms with Gasteiger partial charge < -0.3 is 33.1 Å². The number of anilines is 2. The topological polar surface area (TPSA) is 179 Å². The van der Waals surface area contributed by atoms with Gasteiger partial charge in [-0.3, -0.25) is 9.59 Å². The number of aromatic hydroxyl groups is 2. The van der Waals surface area contributed by atoms with Gasteiger partial charge in [0, 0.05) is 44.8 Å². The van der Waals surface area contributed by atoms with Gasteiger partial charge in [0.1, 0.15) is 11.5 Å². The molecule has 0 spiro atoms. The van der Waals surface area contributed by atoms with Crippen LogP contribution in [0, 0.1) is 0 Å². The first-order chi connectivity index (χ1) is 19.9. The van der Waals surface area contributed by atoms with Crippen molar-refractivity contribution >= 4 is 23.2 Å². The van der Waals surface area contributed by atoms with E-state index in [-0.39, 0.29) is 33.6 Å². The summed E-state index contributed by atoms with van der Waals surface area (Å²) in [6, 6.07) is 10.1.